The summed E-state index contributed by atoms with van der Waals surface area (Å²) >= 11 is 4.89. The molecule has 1 heterocycles. The third-order valence-corrected chi connectivity index (χ3v) is 1.99. The van der Waals surface area contributed by atoms with Crippen LogP contribution >= 0.6 is 12.2 Å². The number of pyridine rings is 1. The summed E-state index contributed by atoms with van der Waals surface area (Å²) in [6.45, 7) is 4.01. The van der Waals surface area contributed by atoms with Crippen LogP contribution in [-0.4, -0.2) is 10.2 Å². The van der Waals surface area contributed by atoms with Gasteiger partial charge in [-0.05, 0) is 26.0 Å². The van der Waals surface area contributed by atoms with Crippen molar-refractivity contribution >= 4 is 17.5 Å². The topological polar surface area (TPSA) is 57.4 Å². The highest BCUT2D eigenvalue weighted by molar-refractivity contribution is 7.79. The first kappa shape index (κ1) is 14.9. The van der Waals surface area contributed by atoms with Gasteiger partial charge in [0.15, 0.2) is 5.88 Å². The number of rotatable bonds is 4. The average Bonchev–Trinajstić information content (AvgIpc) is 2.35. The van der Waals surface area contributed by atoms with E-state index in [2.05, 4.69) is 4.98 Å². The summed E-state index contributed by atoms with van der Waals surface area (Å²) < 4.78 is 10.3. The third kappa shape index (κ3) is 7.00. The Morgan fingerprint density at radius 2 is 2.00 bits per heavy atom. The zero-order chi connectivity index (χ0) is 14.1. The maximum Gasteiger partial charge on any atom is 0.366 e. The van der Waals surface area contributed by atoms with Crippen LogP contribution in [0.25, 0.3) is 0 Å². The van der Waals surface area contributed by atoms with Gasteiger partial charge in [0.2, 0.25) is 5.88 Å². The molecule has 0 fully saturated rings. The van der Waals surface area contributed by atoms with Crippen molar-refractivity contribution in [3.05, 3.63) is 60.2 Å². The van der Waals surface area contributed by atoms with Gasteiger partial charge in [-0.2, -0.15) is 0 Å². The summed E-state index contributed by atoms with van der Waals surface area (Å²) in [5.41, 5.74) is 6.82. The number of nitrogens with zero attached hydrogens (tertiary/aromatic N) is 1. The summed E-state index contributed by atoms with van der Waals surface area (Å²) in [5, 5.41) is -0.0944. The van der Waals surface area contributed by atoms with Crippen molar-refractivity contribution in [2.75, 3.05) is 0 Å². The van der Waals surface area contributed by atoms with Gasteiger partial charge in [0, 0.05) is 24.5 Å². The predicted octanol–water partition coefficient (Wildman–Crippen LogP) is 3.08. The smallest absolute Gasteiger partial charge is 0.366 e. The lowest BCUT2D eigenvalue weighted by Gasteiger charge is -2.06. The lowest BCUT2D eigenvalue weighted by molar-refractivity contribution is 0.317. The molecule has 2 N–H and O–H groups in total. The summed E-state index contributed by atoms with van der Waals surface area (Å²) in [4.78, 5) is 3.95. The first-order chi connectivity index (χ1) is 9.08. The van der Waals surface area contributed by atoms with Crippen molar-refractivity contribution in [3.63, 3.8) is 0 Å². The number of allylic oxidation sites excluding steroid dienone is 5. The van der Waals surface area contributed by atoms with E-state index in [0.717, 1.165) is 0 Å². The van der Waals surface area contributed by atoms with E-state index in [1.54, 1.807) is 36.5 Å². The number of aromatic nitrogens is 1. The molecule has 0 aliphatic heterocycles. The van der Waals surface area contributed by atoms with Crippen LogP contribution in [0.2, 0.25) is 0 Å². The number of thiocarbonyl (C=S) groups is 1. The molecule has 0 aliphatic rings. The van der Waals surface area contributed by atoms with E-state index in [-0.39, 0.29) is 11.1 Å². The highest BCUT2D eigenvalue weighted by Gasteiger charge is 2.02. The molecule has 0 aliphatic carbocycles. The van der Waals surface area contributed by atoms with Crippen LogP contribution in [0.15, 0.2) is 60.2 Å². The summed E-state index contributed by atoms with van der Waals surface area (Å²) in [5.74, 6) is 0.514. The maximum absolute atomic E-state index is 5.62. The molecular weight excluding hydrogens is 260 g/mol. The molecular formula is C14H16N2O2S. The molecule has 1 rings (SSSR count). The van der Waals surface area contributed by atoms with Crippen LogP contribution in [0.5, 0.6) is 5.88 Å². The Balaban J connectivity index is 2.46. The Labute approximate surface area is 118 Å². The van der Waals surface area contributed by atoms with Crippen molar-refractivity contribution in [1.29, 1.82) is 0 Å². The second-order valence-electron chi connectivity index (χ2n) is 3.82. The van der Waals surface area contributed by atoms with Crippen LogP contribution in [0.1, 0.15) is 13.8 Å². The second-order valence-corrected chi connectivity index (χ2v) is 4.15. The standard InChI is InChI=1S/C14H16N2O2S/c1-11(2)7-3-4-8-12(15)17-14(19)18-13-9-5-6-10-16-13/h3-10H,15H2,1-2H3/b4-3-,12-8+. The second kappa shape index (κ2) is 8.05. The molecule has 0 aromatic carbocycles. The number of hydrogen-bond acceptors (Lipinski definition) is 5. The quantitative estimate of drug-likeness (QED) is 0.520. The fraction of sp³-hybridized carbons (Fsp3) is 0.143. The van der Waals surface area contributed by atoms with Crippen molar-refractivity contribution in [2.45, 2.75) is 13.8 Å². The Bertz CT molecular complexity index is 503. The highest BCUT2D eigenvalue weighted by Crippen LogP contribution is 2.05. The molecule has 1 aromatic rings. The summed E-state index contributed by atoms with van der Waals surface area (Å²) in [7, 11) is 0. The van der Waals surface area contributed by atoms with Crippen molar-refractivity contribution in [2.24, 2.45) is 5.73 Å². The van der Waals surface area contributed by atoms with E-state index in [4.69, 9.17) is 27.4 Å². The Hall–Kier alpha value is -2.14. The minimum Gasteiger partial charge on any atom is -0.401 e. The summed E-state index contributed by atoms with van der Waals surface area (Å²) in [6, 6.07) is 5.23. The molecule has 19 heavy (non-hydrogen) atoms. The van der Waals surface area contributed by atoms with Crippen LogP contribution < -0.4 is 10.5 Å². The molecule has 4 nitrogen and oxygen atoms in total. The molecule has 0 bridgehead atoms. The molecule has 0 unspecified atom stereocenters. The van der Waals surface area contributed by atoms with Gasteiger partial charge in [-0.1, -0.05) is 29.9 Å². The van der Waals surface area contributed by atoms with E-state index < -0.39 is 0 Å². The normalized spacial score (nSPS) is 11.2. The fourth-order valence-corrected chi connectivity index (χ4v) is 1.22. The molecule has 100 valence electrons. The first-order valence-corrected chi connectivity index (χ1v) is 6.07. The van der Waals surface area contributed by atoms with E-state index >= 15 is 0 Å². The molecule has 0 atom stereocenters. The number of hydrogen-bond donors (Lipinski definition) is 1. The van der Waals surface area contributed by atoms with Crippen LogP contribution in [-0.2, 0) is 4.74 Å². The average molecular weight is 276 g/mol. The minimum absolute atomic E-state index is 0.0944. The highest BCUT2D eigenvalue weighted by atomic mass is 32.1. The van der Waals surface area contributed by atoms with Gasteiger partial charge in [-0.3, -0.25) is 0 Å². The van der Waals surface area contributed by atoms with E-state index in [0.29, 0.717) is 5.88 Å². The monoisotopic (exact) mass is 276 g/mol. The van der Waals surface area contributed by atoms with Crippen LogP contribution in [0.3, 0.4) is 0 Å². The molecule has 0 saturated carbocycles. The SMILES string of the molecule is CC(C)=C/C=C\C=C(/N)OC(=S)Oc1ccccn1. The van der Waals surface area contributed by atoms with E-state index in [1.165, 1.54) is 5.57 Å². The van der Waals surface area contributed by atoms with Gasteiger partial charge in [0.05, 0.1) is 0 Å². The number of ether oxygens (including phenoxy) is 2. The van der Waals surface area contributed by atoms with E-state index in [9.17, 15) is 0 Å². The zero-order valence-electron chi connectivity index (χ0n) is 10.9. The molecule has 5 heteroatoms. The van der Waals surface area contributed by atoms with Gasteiger partial charge >= 0.3 is 5.24 Å². The largest absolute Gasteiger partial charge is 0.401 e. The van der Waals surface area contributed by atoms with Gasteiger partial charge in [0.1, 0.15) is 0 Å². The fourth-order valence-electron chi connectivity index (χ4n) is 1.04. The molecule has 0 radical (unpaired) electrons. The van der Waals surface area contributed by atoms with Gasteiger partial charge < -0.3 is 15.2 Å². The van der Waals surface area contributed by atoms with Crippen molar-refractivity contribution < 1.29 is 9.47 Å². The predicted molar refractivity (Wildman–Crippen MR) is 79.4 cm³/mol. The van der Waals surface area contributed by atoms with Crippen molar-refractivity contribution in [3.8, 4) is 5.88 Å². The maximum atomic E-state index is 5.62. The molecule has 0 saturated heterocycles. The van der Waals surface area contributed by atoms with Gasteiger partial charge in [-0.15, -0.1) is 0 Å². The van der Waals surface area contributed by atoms with Gasteiger partial charge in [0.25, 0.3) is 0 Å². The Kier molecular flexibility index (Phi) is 6.32. The zero-order valence-corrected chi connectivity index (χ0v) is 11.7. The van der Waals surface area contributed by atoms with Crippen LogP contribution in [0, 0.1) is 0 Å². The minimum atomic E-state index is -0.0944. The molecule has 0 amide bonds. The Morgan fingerprint density at radius 1 is 1.26 bits per heavy atom. The first-order valence-electron chi connectivity index (χ1n) is 5.66. The molecule has 1 aromatic heterocycles. The number of nitrogens with two attached hydrogens (primary N) is 1. The van der Waals surface area contributed by atoms with E-state index in [1.807, 2.05) is 26.0 Å². The summed E-state index contributed by atoms with van der Waals surface area (Å²) in [6.07, 6.45) is 8.75. The molecule has 0 spiro atoms. The van der Waals surface area contributed by atoms with Gasteiger partial charge in [-0.25, -0.2) is 4.98 Å². The lowest BCUT2D eigenvalue weighted by Crippen LogP contribution is -2.14. The van der Waals surface area contributed by atoms with Crippen LogP contribution in [0.4, 0.5) is 0 Å². The van der Waals surface area contributed by atoms with Crippen molar-refractivity contribution in [1.82, 2.24) is 4.98 Å². The Morgan fingerprint density at radius 3 is 2.63 bits per heavy atom. The third-order valence-electron chi connectivity index (χ3n) is 1.83. The lowest BCUT2D eigenvalue weighted by atomic mass is 10.3.